The van der Waals surface area contributed by atoms with Gasteiger partial charge >= 0.3 is 11.9 Å². The molecular formula is C44H66N2O4+2. The average Bonchev–Trinajstić information content (AvgIpc) is 3.12. The smallest absolute Gasteiger partial charge is 0.361 e. The molecule has 0 aliphatic carbocycles. The van der Waals surface area contributed by atoms with Crippen molar-refractivity contribution < 1.29 is 28.0 Å². The second-order valence-corrected chi connectivity index (χ2v) is 15.4. The normalized spacial score (nSPS) is 17.7. The van der Waals surface area contributed by atoms with Gasteiger partial charge in [0.15, 0.2) is 13.1 Å². The zero-order valence-electron chi connectivity index (χ0n) is 31.9. The number of hydrogen-bond donors (Lipinski definition) is 0. The van der Waals surface area contributed by atoms with Crippen molar-refractivity contribution in [3.63, 3.8) is 0 Å². The van der Waals surface area contributed by atoms with Crippen LogP contribution in [0.2, 0.25) is 0 Å². The first-order valence-electron chi connectivity index (χ1n) is 19.7. The fourth-order valence-corrected chi connectivity index (χ4v) is 7.59. The highest BCUT2D eigenvalue weighted by atomic mass is 16.5. The van der Waals surface area contributed by atoms with Gasteiger partial charge in [0.25, 0.3) is 0 Å². The second-order valence-electron chi connectivity index (χ2n) is 15.4. The summed E-state index contributed by atoms with van der Waals surface area (Å²) < 4.78 is 12.8. The van der Waals surface area contributed by atoms with Crippen molar-refractivity contribution in [1.29, 1.82) is 0 Å². The van der Waals surface area contributed by atoms with Crippen LogP contribution >= 0.6 is 0 Å². The number of nitrogens with zero attached hydrogens (tertiary/aromatic N) is 2. The van der Waals surface area contributed by atoms with Crippen LogP contribution < -0.4 is 0 Å². The third-order valence-corrected chi connectivity index (χ3v) is 10.8. The number of benzene rings is 2. The van der Waals surface area contributed by atoms with Gasteiger partial charge < -0.3 is 18.4 Å². The van der Waals surface area contributed by atoms with E-state index in [1.54, 1.807) is 0 Å². The molecular weight excluding hydrogens is 620 g/mol. The van der Waals surface area contributed by atoms with Crippen LogP contribution in [0.3, 0.4) is 0 Å². The van der Waals surface area contributed by atoms with Gasteiger partial charge in [-0.15, -0.1) is 0 Å². The summed E-state index contributed by atoms with van der Waals surface area (Å²) in [5, 5.41) is 0. The molecule has 0 N–H and O–H groups in total. The maximum Gasteiger partial charge on any atom is 0.361 e. The molecule has 2 heterocycles. The molecule has 0 radical (unpaired) electrons. The minimum Gasteiger partial charge on any atom is -0.462 e. The fourth-order valence-electron chi connectivity index (χ4n) is 7.59. The first-order valence-corrected chi connectivity index (χ1v) is 19.7. The Hall–Kier alpha value is -3.22. The van der Waals surface area contributed by atoms with Crippen molar-refractivity contribution in [2.45, 2.75) is 105 Å². The molecule has 2 saturated heterocycles. The van der Waals surface area contributed by atoms with Crippen LogP contribution in [0.15, 0.2) is 71.8 Å². The zero-order chi connectivity index (χ0) is 35.7. The van der Waals surface area contributed by atoms with Crippen LogP contribution in [0.25, 0.3) is 11.1 Å². The minimum atomic E-state index is -0.0398. The Morgan fingerprint density at radius 2 is 0.940 bits per heavy atom. The molecule has 0 spiro atoms. The highest BCUT2D eigenvalue weighted by molar-refractivity contribution is 5.71. The quantitative estimate of drug-likeness (QED) is 0.0641. The first kappa shape index (κ1) is 39.6. The molecule has 0 aromatic heterocycles. The Morgan fingerprint density at radius 1 is 0.580 bits per heavy atom. The third-order valence-electron chi connectivity index (χ3n) is 10.8. The van der Waals surface area contributed by atoms with Gasteiger partial charge in [-0.25, -0.2) is 9.59 Å². The largest absolute Gasteiger partial charge is 0.462 e. The van der Waals surface area contributed by atoms with Crippen LogP contribution in [-0.4, -0.2) is 86.5 Å². The lowest BCUT2D eigenvalue weighted by Crippen LogP contribution is -2.54. The second kappa shape index (κ2) is 20.6. The molecule has 274 valence electrons. The van der Waals surface area contributed by atoms with Gasteiger partial charge in [0, 0.05) is 0 Å². The predicted octanol–water partition coefficient (Wildman–Crippen LogP) is 9.02. The summed E-state index contributed by atoms with van der Waals surface area (Å²) >= 11 is 0. The lowest BCUT2D eigenvalue weighted by molar-refractivity contribution is -0.920. The molecule has 4 rings (SSSR count). The SMILES string of the molecule is CCCCOC(=O)C[N+]1(C/C=C(/C)Cc2ccc(-c3ccc(C/C(C)=C\C[N+]4(CC(=O)OCCCC)CCCCC4)cc3)cc2)CCCCC1. The van der Waals surface area contributed by atoms with Gasteiger partial charge in [-0.3, -0.25) is 0 Å². The van der Waals surface area contributed by atoms with Crippen LogP contribution in [0.4, 0.5) is 0 Å². The maximum atomic E-state index is 12.6. The van der Waals surface area contributed by atoms with E-state index < -0.39 is 0 Å². The molecule has 0 unspecified atom stereocenters. The zero-order valence-corrected chi connectivity index (χ0v) is 31.9. The number of carbonyl (C=O) groups excluding carboxylic acids is 2. The number of allylic oxidation sites excluding steroid dienone is 2. The number of likely N-dealkylation sites (tertiary alicyclic amines) is 2. The molecule has 0 amide bonds. The Bertz CT molecular complexity index is 1270. The van der Waals surface area contributed by atoms with Gasteiger partial charge in [0.2, 0.25) is 0 Å². The van der Waals surface area contributed by atoms with E-state index in [2.05, 4.69) is 88.4 Å². The molecule has 2 aromatic rings. The molecule has 2 fully saturated rings. The molecule has 2 aliphatic heterocycles. The van der Waals surface area contributed by atoms with Crippen molar-refractivity contribution in [2.75, 3.05) is 65.6 Å². The van der Waals surface area contributed by atoms with E-state index in [4.69, 9.17) is 9.47 Å². The number of quaternary nitrogens is 2. The highest BCUT2D eigenvalue weighted by Crippen LogP contribution is 2.25. The third kappa shape index (κ3) is 13.2. The van der Waals surface area contributed by atoms with Gasteiger partial charge in [0.1, 0.15) is 0 Å². The minimum absolute atomic E-state index is 0.0398. The molecule has 6 nitrogen and oxygen atoms in total. The summed E-state index contributed by atoms with van der Waals surface area (Å²) in [6, 6.07) is 18.0. The highest BCUT2D eigenvalue weighted by Gasteiger charge is 2.33. The Morgan fingerprint density at radius 3 is 1.28 bits per heavy atom. The number of hydrogen-bond acceptors (Lipinski definition) is 4. The number of piperidine rings is 2. The number of unbranched alkanes of at least 4 members (excludes halogenated alkanes) is 2. The number of ether oxygens (including phenoxy) is 2. The topological polar surface area (TPSA) is 52.6 Å². The summed E-state index contributed by atoms with van der Waals surface area (Å²) in [5.41, 5.74) is 7.80. The molecule has 6 heteroatoms. The monoisotopic (exact) mass is 687 g/mol. The first-order chi connectivity index (χ1) is 24.2. The summed E-state index contributed by atoms with van der Waals surface area (Å²) in [5.74, 6) is -0.0797. The predicted molar refractivity (Wildman–Crippen MR) is 206 cm³/mol. The van der Waals surface area contributed by atoms with Gasteiger partial charge in [-0.2, -0.15) is 0 Å². The van der Waals surface area contributed by atoms with E-state index in [0.717, 1.165) is 86.8 Å². The van der Waals surface area contributed by atoms with Crippen molar-refractivity contribution >= 4 is 11.9 Å². The lowest BCUT2D eigenvalue weighted by atomic mass is 9.98. The number of rotatable bonds is 19. The Kier molecular flexibility index (Phi) is 16.3. The number of carbonyl (C=O) groups is 2. The summed E-state index contributed by atoms with van der Waals surface area (Å²) in [4.78, 5) is 25.2. The molecule has 2 aliphatic rings. The lowest BCUT2D eigenvalue weighted by Gasteiger charge is -2.40. The molecule has 0 atom stereocenters. The van der Waals surface area contributed by atoms with E-state index in [1.807, 2.05) is 0 Å². The summed E-state index contributed by atoms with van der Waals surface area (Å²) in [6.07, 6.45) is 17.8. The van der Waals surface area contributed by atoms with Crippen LogP contribution in [0.1, 0.15) is 103 Å². The Labute approximate surface area is 303 Å². The van der Waals surface area contributed by atoms with Crippen LogP contribution in [0.5, 0.6) is 0 Å². The molecule has 0 saturated carbocycles. The van der Waals surface area contributed by atoms with Crippen molar-refractivity contribution in [3.05, 3.63) is 83.0 Å². The molecule has 0 bridgehead atoms. The van der Waals surface area contributed by atoms with Crippen LogP contribution in [-0.2, 0) is 31.9 Å². The van der Waals surface area contributed by atoms with E-state index in [1.165, 1.54) is 71.9 Å². The van der Waals surface area contributed by atoms with Gasteiger partial charge in [0.05, 0.1) is 52.5 Å². The molecule has 2 aromatic carbocycles. The number of esters is 2. The van der Waals surface area contributed by atoms with Crippen molar-refractivity contribution in [1.82, 2.24) is 0 Å². The van der Waals surface area contributed by atoms with Crippen molar-refractivity contribution in [3.8, 4) is 11.1 Å². The van der Waals surface area contributed by atoms with E-state index in [0.29, 0.717) is 26.3 Å². The standard InChI is InChI=1S/C44H66N2O4/c1-5-7-31-49-43(47)35-45(25-11-9-12-26-45)29-23-37(3)33-39-15-19-41(20-16-39)42-21-17-40(18-22-42)34-38(4)24-30-46(27-13-10-14-28-46)36-44(48)50-32-8-6-2/h15-24H,5-14,25-36H2,1-4H3/q+2/b37-23-,38-24-. The van der Waals surface area contributed by atoms with E-state index >= 15 is 0 Å². The Balaban J connectivity index is 1.29. The summed E-state index contributed by atoms with van der Waals surface area (Å²) in [6.45, 7) is 16.8. The van der Waals surface area contributed by atoms with Gasteiger partial charge in [-0.1, -0.05) is 86.4 Å². The van der Waals surface area contributed by atoms with E-state index in [9.17, 15) is 9.59 Å². The average molecular weight is 687 g/mol. The van der Waals surface area contributed by atoms with Gasteiger partial charge in [-0.05, 0) is 112 Å². The molecule has 50 heavy (non-hydrogen) atoms. The maximum absolute atomic E-state index is 12.6. The van der Waals surface area contributed by atoms with E-state index in [-0.39, 0.29) is 11.9 Å². The fraction of sp³-hybridized carbons (Fsp3) is 0.591. The summed E-state index contributed by atoms with van der Waals surface area (Å²) in [7, 11) is 0. The van der Waals surface area contributed by atoms with Crippen molar-refractivity contribution in [2.24, 2.45) is 0 Å². The van der Waals surface area contributed by atoms with Crippen LogP contribution in [0, 0.1) is 0 Å².